The number of piperidine rings is 1. The van der Waals surface area contributed by atoms with Gasteiger partial charge in [0, 0.05) is 25.0 Å². The Labute approximate surface area is 102 Å². The maximum absolute atomic E-state index is 12.2. The van der Waals surface area contributed by atoms with Crippen LogP contribution in [0.2, 0.25) is 0 Å². The van der Waals surface area contributed by atoms with E-state index in [1.807, 2.05) is 24.1 Å². The van der Waals surface area contributed by atoms with Crippen LogP contribution in [0.1, 0.15) is 19.8 Å². The molecule has 1 aromatic heterocycles. The van der Waals surface area contributed by atoms with E-state index in [-0.39, 0.29) is 5.91 Å². The standard InChI is InChI=1S/C12H20N4O/c1-2-16(11-4-7-13-8-5-11)12(17)10-15-9-3-6-14-15/h3,6,9,11,13H,2,4-5,7-8,10H2,1H3. The molecule has 0 aromatic carbocycles. The molecule has 0 unspecified atom stereocenters. The number of amides is 1. The lowest BCUT2D eigenvalue weighted by Crippen LogP contribution is -2.47. The molecule has 0 saturated carbocycles. The minimum atomic E-state index is 0.170. The molecule has 0 radical (unpaired) electrons. The predicted molar refractivity (Wildman–Crippen MR) is 65.5 cm³/mol. The van der Waals surface area contributed by atoms with Gasteiger partial charge in [-0.3, -0.25) is 9.48 Å². The van der Waals surface area contributed by atoms with Gasteiger partial charge >= 0.3 is 0 Å². The third-order valence-electron chi connectivity index (χ3n) is 3.27. The molecule has 1 saturated heterocycles. The number of rotatable bonds is 4. The highest BCUT2D eigenvalue weighted by Gasteiger charge is 2.23. The zero-order valence-corrected chi connectivity index (χ0v) is 10.3. The molecule has 5 heteroatoms. The van der Waals surface area contributed by atoms with Crippen molar-refractivity contribution >= 4 is 5.91 Å². The highest BCUT2D eigenvalue weighted by molar-refractivity contribution is 5.76. The first-order valence-electron chi connectivity index (χ1n) is 6.29. The number of nitrogens with zero attached hydrogens (tertiary/aromatic N) is 3. The van der Waals surface area contributed by atoms with Crippen LogP contribution in [-0.4, -0.2) is 46.3 Å². The van der Waals surface area contributed by atoms with Gasteiger partial charge in [-0.2, -0.15) is 5.10 Å². The number of aromatic nitrogens is 2. The Kier molecular flexibility index (Phi) is 4.14. The number of hydrogen-bond donors (Lipinski definition) is 1. The summed E-state index contributed by atoms with van der Waals surface area (Å²) in [6.45, 7) is 5.20. The summed E-state index contributed by atoms with van der Waals surface area (Å²) in [6.07, 6.45) is 5.64. The van der Waals surface area contributed by atoms with Crippen molar-refractivity contribution in [2.45, 2.75) is 32.4 Å². The Morgan fingerprint density at radius 2 is 2.29 bits per heavy atom. The second-order valence-electron chi connectivity index (χ2n) is 4.36. The Morgan fingerprint density at radius 1 is 1.53 bits per heavy atom. The molecule has 0 bridgehead atoms. The lowest BCUT2D eigenvalue weighted by Gasteiger charge is -2.34. The molecule has 94 valence electrons. The van der Waals surface area contributed by atoms with Crippen molar-refractivity contribution in [3.8, 4) is 0 Å². The van der Waals surface area contributed by atoms with E-state index in [9.17, 15) is 4.79 Å². The quantitative estimate of drug-likeness (QED) is 0.827. The Hall–Kier alpha value is -1.36. The third kappa shape index (κ3) is 3.06. The average molecular weight is 236 g/mol. The van der Waals surface area contributed by atoms with Crippen molar-refractivity contribution in [2.24, 2.45) is 0 Å². The van der Waals surface area contributed by atoms with Gasteiger partial charge in [0.05, 0.1) is 0 Å². The van der Waals surface area contributed by atoms with Gasteiger partial charge in [0.1, 0.15) is 6.54 Å². The highest BCUT2D eigenvalue weighted by atomic mass is 16.2. The van der Waals surface area contributed by atoms with Gasteiger partial charge in [-0.05, 0) is 38.9 Å². The summed E-state index contributed by atoms with van der Waals surface area (Å²) in [6, 6.07) is 2.23. The SMILES string of the molecule is CCN(C(=O)Cn1cccn1)C1CCNCC1. The zero-order valence-electron chi connectivity index (χ0n) is 10.3. The molecule has 2 heterocycles. The molecular weight excluding hydrogens is 216 g/mol. The lowest BCUT2D eigenvalue weighted by molar-refractivity contribution is -0.134. The van der Waals surface area contributed by atoms with E-state index < -0.39 is 0 Å². The zero-order chi connectivity index (χ0) is 12.1. The fraction of sp³-hybridized carbons (Fsp3) is 0.667. The van der Waals surface area contributed by atoms with Gasteiger partial charge in [-0.1, -0.05) is 0 Å². The van der Waals surface area contributed by atoms with Crippen LogP contribution in [0.15, 0.2) is 18.5 Å². The Morgan fingerprint density at radius 3 is 2.88 bits per heavy atom. The van der Waals surface area contributed by atoms with Gasteiger partial charge in [0.2, 0.25) is 5.91 Å². The molecule has 1 N–H and O–H groups in total. The fourth-order valence-corrected chi connectivity index (χ4v) is 2.38. The topological polar surface area (TPSA) is 50.2 Å². The number of hydrogen-bond acceptors (Lipinski definition) is 3. The Balaban J connectivity index is 1.94. The van der Waals surface area contributed by atoms with Gasteiger partial charge in [0.15, 0.2) is 0 Å². The summed E-state index contributed by atoms with van der Waals surface area (Å²) in [4.78, 5) is 14.2. The molecule has 1 amide bonds. The molecule has 1 aromatic rings. The smallest absolute Gasteiger partial charge is 0.244 e. The maximum atomic E-state index is 12.2. The first kappa shape index (κ1) is 12.1. The van der Waals surface area contributed by atoms with E-state index in [4.69, 9.17) is 0 Å². The van der Waals surface area contributed by atoms with Crippen molar-refractivity contribution in [1.29, 1.82) is 0 Å². The summed E-state index contributed by atoms with van der Waals surface area (Å²) >= 11 is 0. The number of carbonyl (C=O) groups excluding carboxylic acids is 1. The molecule has 1 fully saturated rings. The number of carbonyl (C=O) groups is 1. The summed E-state index contributed by atoms with van der Waals surface area (Å²) in [5.74, 6) is 0.170. The largest absolute Gasteiger partial charge is 0.338 e. The van der Waals surface area contributed by atoms with Crippen LogP contribution in [0.25, 0.3) is 0 Å². The van der Waals surface area contributed by atoms with Crippen LogP contribution in [0, 0.1) is 0 Å². The number of nitrogens with one attached hydrogen (secondary N) is 1. The minimum absolute atomic E-state index is 0.170. The van der Waals surface area contributed by atoms with Crippen LogP contribution < -0.4 is 5.32 Å². The van der Waals surface area contributed by atoms with Crippen molar-refractivity contribution in [3.05, 3.63) is 18.5 Å². The van der Waals surface area contributed by atoms with Crippen molar-refractivity contribution in [3.63, 3.8) is 0 Å². The first-order valence-corrected chi connectivity index (χ1v) is 6.29. The summed E-state index contributed by atoms with van der Waals surface area (Å²) < 4.78 is 1.69. The molecule has 0 atom stereocenters. The van der Waals surface area contributed by atoms with Gasteiger partial charge < -0.3 is 10.2 Å². The summed E-state index contributed by atoms with van der Waals surface area (Å²) in [7, 11) is 0. The van der Waals surface area contributed by atoms with Gasteiger partial charge in [-0.25, -0.2) is 0 Å². The van der Waals surface area contributed by atoms with Crippen molar-refractivity contribution in [1.82, 2.24) is 20.0 Å². The van der Waals surface area contributed by atoms with E-state index in [0.29, 0.717) is 12.6 Å². The minimum Gasteiger partial charge on any atom is -0.338 e. The molecule has 1 aliphatic heterocycles. The molecular formula is C12H20N4O. The second kappa shape index (κ2) is 5.82. The lowest BCUT2D eigenvalue weighted by atomic mass is 10.0. The predicted octanol–water partition coefficient (Wildman–Crippen LogP) is 0.484. The highest BCUT2D eigenvalue weighted by Crippen LogP contribution is 2.12. The van der Waals surface area contributed by atoms with Gasteiger partial charge in [-0.15, -0.1) is 0 Å². The van der Waals surface area contributed by atoms with E-state index in [2.05, 4.69) is 10.4 Å². The molecule has 0 aliphatic carbocycles. The molecule has 2 rings (SSSR count). The van der Waals surface area contributed by atoms with Crippen LogP contribution in [0.5, 0.6) is 0 Å². The van der Waals surface area contributed by atoms with Crippen molar-refractivity contribution in [2.75, 3.05) is 19.6 Å². The van der Waals surface area contributed by atoms with Gasteiger partial charge in [0.25, 0.3) is 0 Å². The van der Waals surface area contributed by atoms with E-state index in [1.165, 1.54) is 0 Å². The molecule has 1 aliphatic rings. The van der Waals surface area contributed by atoms with E-state index in [1.54, 1.807) is 10.9 Å². The molecule has 17 heavy (non-hydrogen) atoms. The van der Waals surface area contributed by atoms with Crippen LogP contribution in [0.4, 0.5) is 0 Å². The summed E-state index contributed by atoms with van der Waals surface area (Å²) in [5.41, 5.74) is 0. The number of likely N-dealkylation sites (N-methyl/N-ethyl adjacent to an activating group) is 1. The van der Waals surface area contributed by atoms with Crippen LogP contribution in [-0.2, 0) is 11.3 Å². The van der Waals surface area contributed by atoms with Crippen LogP contribution >= 0.6 is 0 Å². The first-order chi connectivity index (χ1) is 8.31. The third-order valence-corrected chi connectivity index (χ3v) is 3.27. The fourth-order valence-electron chi connectivity index (χ4n) is 2.38. The monoisotopic (exact) mass is 236 g/mol. The summed E-state index contributed by atoms with van der Waals surface area (Å²) in [5, 5.41) is 7.40. The second-order valence-corrected chi connectivity index (χ2v) is 4.36. The van der Waals surface area contributed by atoms with Crippen LogP contribution in [0.3, 0.4) is 0 Å². The van der Waals surface area contributed by atoms with Crippen molar-refractivity contribution < 1.29 is 4.79 Å². The molecule has 0 spiro atoms. The van der Waals surface area contributed by atoms with E-state index in [0.717, 1.165) is 32.5 Å². The molecule has 5 nitrogen and oxygen atoms in total. The average Bonchev–Trinajstić information content (AvgIpc) is 2.84. The Bertz CT molecular complexity index is 343. The normalized spacial score (nSPS) is 17.0. The van der Waals surface area contributed by atoms with E-state index >= 15 is 0 Å². The maximum Gasteiger partial charge on any atom is 0.244 e.